The van der Waals surface area contributed by atoms with E-state index in [2.05, 4.69) is 41.6 Å². The van der Waals surface area contributed by atoms with Gasteiger partial charge < -0.3 is 21.1 Å². The highest BCUT2D eigenvalue weighted by molar-refractivity contribution is 5.94. The Morgan fingerprint density at radius 2 is 2.07 bits per heavy atom. The molecule has 1 saturated heterocycles. The number of nitrogens with zero attached hydrogens (tertiary/aromatic N) is 1. The second-order valence-electron chi connectivity index (χ2n) is 7.65. The largest absolute Gasteiger partial charge is 0.376 e. The Labute approximate surface area is 172 Å². The van der Waals surface area contributed by atoms with Crippen LogP contribution in [0.2, 0.25) is 0 Å². The highest BCUT2D eigenvalue weighted by Gasteiger charge is 2.16. The maximum absolute atomic E-state index is 12.4. The maximum atomic E-state index is 12.4. The van der Waals surface area contributed by atoms with E-state index >= 15 is 0 Å². The van der Waals surface area contributed by atoms with E-state index in [9.17, 15) is 4.79 Å². The Kier molecular flexibility index (Phi) is 7.25. The van der Waals surface area contributed by atoms with Gasteiger partial charge in [0.15, 0.2) is 5.96 Å². The van der Waals surface area contributed by atoms with Crippen molar-refractivity contribution in [2.75, 3.05) is 18.5 Å². The summed E-state index contributed by atoms with van der Waals surface area (Å²) >= 11 is 0. The molecule has 0 radical (unpaired) electrons. The lowest BCUT2D eigenvalue weighted by atomic mass is 10.0. The fourth-order valence-electron chi connectivity index (χ4n) is 3.26. The number of anilines is 1. The SMILES string of the molecule is CC(C)c1cccc(NC(N)=NCc2cccc(C(=O)NCC3CCCO3)c2)c1. The summed E-state index contributed by atoms with van der Waals surface area (Å²) < 4.78 is 5.54. The summed E-state index contributed by atoms with van der Waals surface area (Å²) in [6, 6.07) is 15.6. The van der Waals surface area contributed by atoms with Crippen molar-refractivity contribution in [3.8, 4) is 0 Å². The molecule has 154 valence electrons. The van der Waals surface area contributed by atoms with Gasteiger partial charge in [-0.15, -0.1) is 0 Å². The minimum atomic E-state index is -0.0945. The summed E-state index contributed by atoms with van der Waals surface area (Å²) in [4.78, 5) is 16.8. The molecule has 0 saturated carbocycles. The fraction of sp³-hybridized carbons (Fsp3) is 0.391. The minimum absolute atomic E-state index is 0.0945. The summed E-state index contributed by atoms with van der Waals surface area (Å²) in [5.41, 5.74) is 9.74. The number of guanidine groups is 1. The van der Waals surface area contributed by atoms with E-state index in [1.54, 1.807) is 6.07 Å². The number of hydrogen-bond acceptors (Lipinski definition) is 3. The second-order valence-corrected chi connectivity index (χ2v) is 7.65. The fourth-order valence-corrected chi connectivity index (χ4v) is 3.26. The van der Waals surface area contributed by atoms with Gasteiger partial charge in [-0.3, -0.25) is 4.79 Å². The van der Waals surface area contributed by atoms with Crippen molar-refractivity contribution >= 4 is 17.6 Å². The van der Waals surface area contributed by atoms with Crippen LogP contribution in [0.4, 0.5) is 5.69 Å². The zero-order valence-electron chi connectivity index (χ0n) is 17.2. The number of carbonyl (C=O) groups excluding carboxylic acids is 1. The van der Waals surface area contributed by atoms with Gasteiger partial charge in [0.2, 0.25) is 0 Å². The van der Waals surface area contributed by atoms with Crippen LogP contribution in [0, 0.1) is 0 Å². The average molecular weight is 395 g/mol. The van der Waals surface area contributed by atoms with Crippen molar-refractivity contribution < 1.29 is 9.53 Å². The average Bonchev–Trinajstić information content (AvgIpc) is 3.24. The number of amides is 1. The molecule has 1 fully saturated rings. The van der Waals surface area contributed by atoms with Crippen LogP contribution in [-0.4, -0.2) is 31.1 Å². The summed E-state index contributed by atoms with van der Waals surface area (Å²) in [6.45, 7) is 6.04. The molecule has 0 aromatic heterocycles. The lowest BCUT2D eigenvalue weighted by Gasteiger charge is -2.11. The van der Waals surface area contributed by atoms with E-state index in [1.807, 2.05) is 30.3 Å². The first-order valence-corrected chi connectivity index (χ1v) is 10.2. The van der Waals surface area contributed by atoms with Gasteiger partial charge in [0, 0.05) is 24.4 Å². The molecule has 4 N–H and O–H groups in total. The molecule has 0 bridgehead atoms. The van der Waals surface area contributed by atoms with E-state index in [0.717, 1.165) is 30.7 Å². The Balaban J connectivity index is 1.56. The molecule has 29 heavy (non-hydrogen) atoms. The molecule has 0 aliphatic carbocycles. The van der Waals surface area contributed by atoms with Gasteiger partial charge in [0.1, 0.15) is 0 Å². The highest BCUT2D eigenvalue weighted by Crippen LogP contribution is 2.18. The van der Waals surface area contributed by atoms with Crippen molar-refractivity contribution in [3.63, 3.8) is 0 Å². The number of rotatable bonds is 7. The molecule has 2 aromatic rings. The molecular weight excluding hydrogens is 364 g/mol. The Morgan fingerprint density at radius 1 is 1.24 bits per heavy atom. The standard InChI is InChI=1S/C23H30N4O2/c1-16(2)18-7-4-9-20(13-18)27-23(24)26-14-17-6-3-8-19(12-17)22(28)25-15-21-10-5-11-29-21/h3-4,6-9,12-13,16,21H,5,10-11,14-15H2,1-2H3,(H,25,28)(H3,24,26,27). The zero-order chi connectivity index (χ0) is 20.6. The van der Waals surface area contributed by atoms with Gasteiger partial charge in [-0.05, 0) is 54.2 Å². The smallest absolute Gasteiger partial charge is 0.251 e. The third-order valence-electron chi connectivity index (χ3n) is 4.96. The molecule has 1 amide bonds. The van der Waals surface area contributed by atoms with Crippen LogP contribution in [0.25, 0.3) is 0 Å². The third-order valence-corrected chi connectivity index (χ3v) is 4.96. The zero-order valence-corrected chi connectivity index (χ0v) is 17.2. The van der Waals surface area contributed by atoms with E-state index < -0.39 is 0 Å². The molecule has 6 nitrogen and oxygen atoms in total. The molecule has 1 aliphatic heterocycles. The highest BCUT2D eigenvalue weighted by atomic mass is 16.5. The molecule has 0 spiro atoms. The molecule has 1 unspecified atom stereocenters. The van der Waals surface area contributed by atoms with E-state index in [-0.39, 0.29) is 12.0 Å². The number of benzene rings is 2. The minimum Gasteiger partial charge on any atom is -0.376 e. The van der Waals surface area contributed by atoms with Crippen LogP contribution in [0.1, 0.15) is 54.1 Å². The monoisotopic (exact) mass is 394 g/mol. The van der Waals surface area contributed by atoms with Crippen molar-refractivity contribution in [1.29, 1.82) is 0 Å². The third kappa shape index (κ3) is 6.32. The summed E-state index contributed by atoms with van der Waals surface area (Å²) in [7, 11) is 0. The van der Waals surface area contributed by atoms with Gasteiger partial charge >= 0.3 is 0 Å². The van der Waals surface area contributed by atoms with Gasteiger partial charge in [0.05, 0.1) is 12.6 Å². The predicted octanol–water partition coefficient (Wildman–Crippen LogP) is 3.65. The molecule has 2 aromatic carbocycles. The van der Waals surface area contributed by atoms with Crippen LogP contribution in [0.3, 0.4) is 0 Å². The van der Waals surface area contributed by atoms with Crippen LogP contribution in [-0.2, 0) is 11.3 Å². The number of aliphatic imine (C=N–C) groups is 1. The molecule has 1 aliphatic rings. The van der Waals surface area contributed by atoms with Crippen molar-refractivity contribution in [1.82, 2.24) is 5.32 Å². The van der Waals surface area contributed by atoms with E-state index in [4.69, 9.17) is 10.5 Å². The normalized spacial score (nSPS) is 16.8. The lowest BCUT2D eigenvalue weighted by molar-refractivity contribution is 0.0857. The number of carbonyl (C=O) groups is 1. The van der Waals surface area contributed by atoms with E-state index in [1.165, 1.54) is 5.56 Å². The molecule has 1 heterocycles. The Bertz CT molecular complexity index is 857. The first kappa shape index (κ1) is 20.9. The van der Waals surface area contributed by atoms with Crippen molar-refractivity contribution in [2.24, 2.45) is 10.7 Å². The molecular formula is C23H30N4O2. The number of ether oxygens (including phenoxy) is 1. The van der Waals surface area contributed by atoms with Crippen molar-refractivity contribution in [2.45, 2.75) is 45.3 Å². The molecule has 6 heteroatoms. The Morgan fingerprint density at radius 3 is 2.83 bits per heavy atom. The molecule has 1 atom stereocenters. The summed E-state index contributed by atoms with van der Waals surface area (Å²) in [6.07, 6.45) is 2.19. The van der Waals surface area contributed by atoms with Crippen LogP contribution in [0.15, 0.2) is 53.5 Å². The number of nitrogens with two attached hydrogens (primary N) is 1. The van der Waals surface area contributed by atoms with E-state index in [0.29, 0.717) is 30.5 Å². The topological polar surface area (TPSA) is 88.7 Å². The van der Waals surface area contributed by atoms with Gasteiger partial charge in [0.25, 0.3) is 5.91 Å². The maximum Gasteiger partial charge on any atom is 0.251 e. The van der Waals surface area contributed by atoms with Gasteiger partial charge in [-0.1, -0.05) is 38.1 Å². The van der Waals surface area contributed by atoms with Crippen LogP contribution in [0.5, 0.6) is 0 Å². The van der Waals surface area contributed by atoms with Crippen LogP contribution < -0.4 is 16.4 Å². The predicted molar refractivity (Wildman–Crippen MR) is 117 cm³/mol. The summed E-state index contributed by atoms with van der Waals surface area (Å²) in [5, 5.41) is 6.07. The van der Waals surface area contributed by atoms with Crippen LogP contribution >= 0.6 is 0 Å². The van der Waals surface area contributed by atoms with Gasteiger partial charge in [-0.25, -0.2) is 4.99 Å². The van der Waals surface area contributed by atoms with Crippen molar-refractivity contribution in [3.05, 3.63) is 65.2 Å². The first-order chi connectivity index (χ1) is 14.0. The second kappa shape index (κ2) is 10.1. The number of nitrogens with one attached hydrogen (secondary N) is 2. The first-order valence-electron chi connectivity index (χ1n) is 10.2. The summed E-state index contributed by atoms with van der Waals surface area (Å²) in [5.74, 6) is 0.700. The number of hydrogen-bond donors (Lipinski definition) is 3. The quantitative estimate of drug-likeness (QED) is 0.494. The Hall–Kier alpha value is -2.86. The molecule has 3 rings (SSSR count). The lowest BCUT2D eigenvalue weighted by Crippen LogP contribution is -2.31. The van der Waals surface area contributed by atoms with Gasteiger partial charge in [-0.2, -0.15) is 0 Å².